The van der Waals surface area contributed by atoms with Crippen molar-refractivity contribution in [2.45, 2.75) is 105 Å². The number of halogens is 1. The minimum atomic E-state index is -0.180. The molecule has 1 heterocycles. The highest BCUT2D eigenvalue weighted by Crippen LogP contribution is 2.44. The highest BCUT2D eigenvalue weighted by atomic mass is 35.5. The molecule has 3 rings (SSSR count). The number of aromatic hydroxyl groups is 2. The molecule has 1 aliphatic heterocycles. The standard InChI is InChI=1S/C31H46N2O2.ClH/c1-28(2,3)20-15-22(30(7,8)9)26(34)24(17-20)32-13-14-33(19-32)25-18-21(29(4,5)6)16-23(27(25)35)31(10,11)12;/h15-19H,13-14H2,1-12H3,(H-,34,35);1H. The first kappa shape index (κ1) is 30.0. The molecule has 4 nitrogen and oxygen atoms in total. The van der Waals surface area contributed by atoms with Crippen LogP contribution in [-0.4, -0.2) is 34.2 Å². The molecule has 0 saturated carbocycles. The van der Waals surface area contributed by atoms with Crippen LogP contribution in [0, 0.1) is 0 Å². The van der Waals surface area contributed by atoms with Crippen molar-refractivity contribution >= 4 is 17.7 Å². The normalized spacial score (nSPS) is 15.1. The largest absolute Gasteiger partial charge is 1.00 e. The molecule has 0 radical (unpaired) electrons. The lowest BCUT2D eigenvalue weighted by Gasteiger charge is -2.27. The Labute approximate surface area is 225 Å². The van der Waals surface area contributed by atoms with E-state index in [1.54, 1.807) is 0 Å². The maximum absolute atomic E-state index is 11.4. The highest BCUT2D eigenvalue weighted by molar-refractivity contribution is 5.83. The third-order valence-corrected chi connectivity index (χ3v) is 7.01. The van der Waals surface area contributed by atoms with Crippen LogP contribution >= 0.6 is 0 Å². The summed E-state index contributed by atoms with van der Waals surface area (Å²) in [6.45, 7) is 27.6. The molecule has 0 spiro atoms. The number of phenolic OH excluding ortho intramolecular Hbond substituents is 2. The van der Waals surface area contributed by atoms with Crippen LogP contribution in [0.3, 0.4) is 0 Å². The van der Waals surface area contributed by atoms with Crippen molar-refractivity contribution in [1.82, 2.24) is 0 Å². The van der Waals surface area contributed by atoms with E-state index in [9.17, 15) is 10.2 Å². The summed E-state index contributed by atoms with van der Waals surface area (Å²) in [5.74, 6) is 0.679. The lowest BCUT2D eigenvalue weighted by atomic mass is 9.79. The maximum Gasteiger partial charge on any atom is 0.245 e. The molecular weight excluding hydrogens is 468 g/mol. The number of benzene rings is 2. The number of nitrogens with zero attached hydrogens (tertiary/aromatic N) is 2. The zero-order valence-electron chi connectivity index (χ0n) is 24.5. The number of anilines is 1. The van der Waals surface area contributed by atoms with Crippen molar-refractivity contribution in [1.29, 1.82) is 0 Å². The Morgan fingerprint density at radius 2 is 1.08 bits per heavy atom. The topological polar surface area (TPSA) is 46.7 Å². The fourth-order valence-corrected chi connectivity index (χ4v) is 4.55. The molecular formula is C31H47ClN2O2. The van der Waals surface area contributed by atoms with E-state index in [1.807, 2.05) is 6.34 Å². The molecule has 200 valence electrons. The molecule has 5 heteroatoms. The predicted molar refractivity (Wildman–Crippen MR) is 149 cm³/mol. The lowest BCUT2D eigenvalue weighted by molar-refractivity contribution is -0.425. The first-order chi connectivity index (χ1) is 15.7. The Morgan fingerprint density at radius 3 is 1.53 bits per heavy atom. The summed E-state index contributed by atoms with van der Waals surface area (Å²) in [7, 11) is 0. The van der Waals surface area contributed by atoms with E-state index >= 15 is 0 Å². The molecule has 0 saturated heterocycles. The zero-order chi connectivity index (χ0) is 26.7. The van der Waals surface area contributed by atoms with E-state index in [2.05, 4.69) is 117 Å². The average Bonchev–Trinajstić information content (AvgIpc) is 3.14. The molecule has 0 atom stereocenters. The second-order valence-electron chi connectivity index (χ2n) is 14.3. The monoisotopic (exact) mass is 514 g/mol. The maximum atomic E-state index is 11.4. The minimum Gasteiger partial charge on any atom is -1.00 e. The van der Waals surface area contributed by atoms with E-state index in [0.717, 1.165) is 35.6 Å². The van der Waals surface area contributed by atoms with Crippen molar-refractivity contribution < 1.29 is 27.2 Å². The molecule has 1 aliphatic rings. The van der Waals surface area contributed by atoms with E-state index in [0.29, 0.717) is 11.5 Å². The Bertz CT molecular complexity index is 1150. The van der Waals surface area contributed by atoms with Gasteiger partial charge in [-0.25, -0.2) is 9.48 Å². The van der Waals surface area contributed by atoms with E-state index in [4.69, 9.17) is 0 Å². The van der Waals surface area contributed by atoms with Crippen molar-refractivity contribution in [3.05, 3.63) is 46.5 Å². The van der Waals surface area contributed by atoms with Crippen molar-refractivity contribution in [2.24, 2.45) is 0 Å². The quantitative estimate of drug-likeness (QED) is 0.581. The summed E-state index contributed by atoms with van der Waals surface area (Å²) < 4.78 is 2.12. The van der Waals surface area contributed by atoms with Gasteiger partial charge in [-0.1, -0.05) is 95.2 Å². The molecule has 0 unspecified atom stereocenters. The van der Waals surface area contributed by atoms with Crippen molar-refractivity contribution in [2.75, 3.05) is 18.0 Å². The van der Waals surface area contributed by atoms with Gasteiger partial charge in [0.25, 0.3) is 0 Å². The molecule has 0 amide bonds. The fraction of sp³-hybridized carbons (Fsp3) is 0.581. The van der Waals surface area contributed by atoms with E-state index in [-0.39, 0.29) is 34.1 Å². The molecule has 36 heavy (non-hydrogen) atoms. The molecule has 2 N–H and O–H groups in total. The van der Waals surface area contributed by atoms with Crippen molar-refractivity contribution in [3.8, 4) is 11.5 Å². The summed E-state index contributed by atoms with van der Waals surface area (Å²) in [6, 6.07) is 8.55. The summed E-state index contributed by atoms with van der Waals surface area (Å²) in [6.07, 6.45) is 2.04. The molecule has 0 bridgehead atoms. The van der Waals surface area contributed by atoms with Gasteiger partial charge in [0.2, 0.25) is 6.34 Å². The number of phenols is 2. The van der Waals surface area contributed by atoms with Gasteiger partial charge in [-0.05, 0) is 44.9 Å². The van der Waals surface area contributed by atoms with Gasteiger partial charge in [0.15, 0.2) is 22.9 Å². The molecule has 0 aromatic heterocycles. The van der Waals surface area contributed by atoms with Crippen LogP contribution < -0.4 is 17.3 Å². The minimum absolute atomic E-state index is 0. The Balaban J connectivity index is 0.00000456. The highest BCUT2D eigenvalue weighted by Gasteiger charge is 2.34. The summed E-state index contributed by atoms with van der Waals surface area (Å²) in [5.41, 5.74) is 5.54. The van der Waals surface area contributed by atoms with Gasteiger partial charge in [0.05, 0.1) is 0 Å². The SMILES string of the molecule is CC(C)(C)c1cc(N2C=[N+](c3cc(C(C)(C)C)cc(C(C)(C)C)c3O)CC2)c(O)c(C(C)(C)C)c1.[Cl-]. The first-order valence-corrected chi connectivity index (χ1v) is 12.9. The van der Waals surface area contributed by atoms with Crippen LogP contribution in [0.4, 0.5) is 11.4 Å². The number of hydrogen-bond donors (Lipinski definition) is 2. The smallest absolute Gasteiger partial charge is 0.245 e. The van der Waals surface area contributed by atoms with E-state index in [1.165, 1.54) is 11.1 Å². The van der Waals surface area contributed by atoms with Gasteiger partial charge in [-0.15, -0.1) is 0 Å². The second kappa shape index (κ2) is 9.59. The Hall–Kier alpha value is -2.20. The molecule has 2 aromatic carbocycles. The van der Waals surface area contributed by atoms with Gasteiger partial charge in [-0.2, -0.15) is 0 Å². The fourth-order valence-electron chi connectivity index (χ4n) is 4.55. The van der Waals surface area contributed by atoms with Gasteiger partial charge < -0.3 is 22.6 Å². The second-order valence-corrected chi connectivity index (χ2v) is 14.3. The van der Waals surface area contributed by atoms with Gasteiger partial charge in [-0.3, -0.25) is 0 Å². The Kier molecular flexibility index (Phi) is 8.00. The van der Waals surface area contributed by atoms with Crippen LogP contribution in [0.25, 0.3) is 0 Å². The summed E-state index contributed by atoms with van der Waals surface area (Å²) >= 11 is 0. The van der Waals surface area contributed by atoms with Crippen molar-refractivity contribution in [3.63, 3.8) is 0 Å². The van der Waals surface area contributed by atoms with Crippen LogP contribution in [0.15, 0.2) is 24.3 Å². The first-order valence-electron chi connectivity index (χ1n) is 12.9. The van der Waals surface area contributed by atoms with Crippen LogP contribution in [0.2, 0.25) is 0 Å². The van der Waals surface area contributed by atoms with Gasteiger partial charge in [0, 0.05) is 11.1 Å². The van der Waals surface area contributed by atoms with Crippen LogP contribution in [0.5, 0.6) is 11.5 Å². The van der Waals surface area contributed by atoms with Gasteiger partial charge in [0.1, 0.15) is 13.1 Å². The van der Waals surface area contributed by atoms with Crippen LogP contribution in [-0.2, 0) is 21.7 Å². The molecule has 0 fully saturated rings. The molecule has 2 aromatic rings. The Morgan fingerprint density at radius 1 is 0.639 bits per heavy atom. The number of rotatable bonds is 2. The average molecular weight is 515 g/mol. The lowest BCUT2D eigenvalue weighted by Crippen LogP contribution is -3.00. The summed E-state index contributed by atoms with van der Waals surface area (Å²) in [4.78, 5) is 2.12. The number of hydrogen-bond acceptors (Lipinski definition) is 3. The third kappa shape index (κ3) is 6.02. The third-order valence-electron chi connectivity index (χ3n) is 7.01. The molecule has 0 aliphatic carbocycles. The zero-order valence-corrected chi connectivity index (χ0v) is 25.2. The van der Waals surface area contributed by atoms with Crippen LogP contribution in [0.1, 0.15) is 105 Å². The summed E-state index contributed by atoms with van der Waals surface area (Å²) in [5, 5.41) is 22.7. The predicted octanol–water partition coefficient (Wildman–Crippen LogP) is 4.48. The van der Waals surface area contributed by atoms with Gasteiger partial charge >= 0.3 is 0 Å². The van der Waals surface area contributed by atoms with E-state index < -0.39 is 0 Å².